The van der Waals surface area contributed by atoms with Crippen LogP contribution in [0.25, 0.3) is 10.4 Å². The topological polar surface area (TPSA) is 81.7 Å². The van der Waals surface area contributed by atoms with Gasteiger partial charge in [-0.1, -0.05) is 6.07 Å². The van der Waals surface area contributed by atoms with Crippen LogP contribution in [0.1, 0.15) is 30.1 Å². The standard InChI is InChI=1S/C17H17NO5S2/c1-2-22-17(21)14-11(12-4-3-7-24-12)9-25-15(14)18-13(19)8-23-16(20)10-5-6-10/h3-4,7,9-10H,2,5-6,8H2,1H3,(H,18,19). The Morgan fingerprint density at radius 3 is 2.68 bits per heavy atom. The zero-order chi connectivity index (χ0) is 17.8. The molecule has 0 saturated heterocycles. The number of amides is 1. The largest absolute Gasteiger partial charge is 0.462 e. The van der Waals surface area contributed by atoms with Crippen molar-refractivity contribution in [3.8, 4) is 10.4 Å². The number of anilines is 1. The molecule has 2 heterocycles. The van der Waals surface area contributed by atoms with E-state index in [2.05, 4.69) is 5.32 Å². The van der Waals surface area contributed by atoms with Crippen LogP contribution in [0.5, 0.6) is 0 Å². The Labute approximate surface area is 152 Å². The van der Waals surface area contributed by atoms with E-state index in [1.165, 1.54) is 22.7 Å². The van der Waals surface area contributed by atoms with Gasteiger partial charge >= 0.3 is 11.9 Å². The smallest absolute Gasteiger partial charge is 0.341 e. The van der Waals surface area contributed by atoms with E-state index in [-0.39, 0.29) is 25.1 Å². The molecule has 1 aliphatic carbocycles. The molecule has 0 bridgehead atoms. The second kappa shape index (κ2) is 7.79. The van der Waals surface area contributed by atoms with Crippen LogP contribution in [0.4, 0.5) is 5.00 Å². The van der Waals surface area contributed by atoms with Crippen molar-refractivity contribution in [3.63, 3.8) is 0 Å². The number of ether oxygens (including phenoxy) is 2. The zero-order valence-electron chi connectivity index (χ0n) is 13.6. The summed E-state index contributed by atoms with van der Waals surface area (Å²) in [5.41, 5.74) is 1.06. The summed E-state index contributed by atoms with van der Waals surface area (Å²) < 4.78 is 10.1. The molecule has 1 fully saturated rings. The maximum atomic E-state index is 12.3. The average Bonchev–Trinajstić information content (AvgIpc) is 3.14. The molecule has 0 aromatic carbocycles. The van der Waals surface area contributed by atoms with Gasteiger partial charge in [-0.2, -0.15) is 0 Å². The Hall–Kier alpha value is -2.19. The van der Waals surface area contributed by atoms with Gasteiger partial charge in [-0.15, -0.1) is 22.7 Å². The molecule has 3 rings (SSSR count). The van der Waals surface area contributed by atoms with Crippen molar-refractivity contribution in [2.75, 3.05) is 18.5 Å². The third-order valence-electron chi connectivity index (χ3n) is 3.57. The first-order chi connectivity index (χ1) is 12.1. The van der Waals surface area contributed by atoms with Gasteiger partial charge in [0, 0.05) is 15.8 Å². The van der Waals surface area contributed by atoms with E-state index < -0.39 is 11.9 Å². The molecular weight excluding hydrogens is 362 g/mol. The summed E-state index contributed by atoms with van der Waals surface area (Å²) in [7, 11) is 0. The number of rotatable bonds is 7. The van der Waals surface area contributed by atoms with E-state index in [1.54, 1.807) is 6.92 Å². The van der Waals surface area contributed by atoms with Gasteiger partial charge in [-0.05, 0) is 31.2 Å². The minimum Gasteiger partial charge on any atom is -0.462 e. The number of esters is 2. The lowest BCUT2D eigenvalue weighted by atomic mass is 10.1. The minimum atomic E-state index is -0.488. The van der Waals surface area contributed by atoms with Gasteiger partial charge < -0.3 is 14.8 Å². The fourth-order valence-electron chi connectivity index (χ4n) is 2.21. The molecule has 2 aromatic rings. The van der Waals surface area contributed by atoms with E-state index >= 15 is 0 Å². The molecule has 0 radical (unpaired) electrons. The van der Waals surface area contributed by atoms with E-state index in [0.717, 1.165) is 23.3 Å². The molecule has 2 aromatic heterocycles. The molecule has 25 heavy (non-hydrogen) atoms. The van der Waals surface area contributed by atoms with Crippen molar-refractivity contribution in [1.82, 2.24) is 0 Å². The minimum absolute atomic E-state index is 0.0601. The van der Waals surface area contributed by atoms with Crippen molar-refractivity contribution in [3.05, 3.63) is 28.5 Å². The highest BCUT2D eigenvalue weighted by Gasteiger charge is 2.31. The fourth-order valence-corrected chi connectivity index (χ4v) is 3.99. The number of hydrogen-bond donors (Lipinski definition) is 1. The third kappa shape index (κ3) is 4.26. The van der Waals surface area contributed by atoms with E-state index in [0.29, 0.717) is 10.6 Å². The predicted molar refractivity (Wildman–Crippen MR) is 95.9 cm³/mol. The Balaban J connectivity index is 1.74. The molecule has 6 nitrogen and oxygen atoms in total. The summed E-state index contributed by atoms with van der Waals surface area (Å²) >= 11 is 2.74. The molecule has 132 valence electrons. The van der Waals surface area contributed by atoms with Gasteiger partial charge in [0.1, 0.15) is 10.6 Å². The zero-order valence-corrected chi connectivity index (χ0v) is 15.2. The van der Waals surface area contributed by atoms with Crippen molar-refractivity contribution in [2.24, 2.45) is 5.92 Å². The SMILES string of the molecule is CCOC(=O)c1c(-c2cccs2)csc1NC(=O)COC(=O)C1CC1. The average molecular weight is 379 g/mol. The number of carbonyl (C=O) groups excluding carboxylic acids is 3. The molecule has 1 saturated carbocycles. The highest BCUT2D eigenvalue weighted by atomic mass is 32.1. The highest BCUT2D eigenvalue weighted by Crippen LogP contribution is 2.38. The molecule has 0 unspecified atom stereocenters. The monoisotopic (exact) mass is 379 g/mol. The van der Waals surface area contributed by atoms with Crippen molar-refractivity contribution in [1.29, 1.82) is 0 Å². The summed E-state index contributed by atoms with van der Waals surface area (Å²) in [6.45, 7) is 1.61. The summed E-state index contributed by atoms with van der Waals surface area (Å²) in [4.78, 5) is 36.8. The van der Waals surface area contributed by atoms with Crippen LogP contribution in [0.3, 0.4) is 0 Å². The van der Waals surface area contributed by atoms with Crippen LogP contribution in [-0.2, 0) is 19.1 Å². The number of thiophene rings is 2. The molecule has 1 aliphatic rings. The van der Waals surface area contributed by atoms with E-state index in [9.17, 15) is 14.4 Å². The molecule has 0 spiro atoms. The van der Waals surface area contributed by atoms with E-state index in [4.69, 9.17) is 9.47 Å². The molecule has 8 heteroatoms. The Morgan fingerprint density at radius 2 is 2.04 bits per heavy atom. The predicted octanol–water partition coefficient (Wildman–Crippen LogP) is 3.55. The maximum absolute atomic E-state index is 12.3. The van der Waals surface area contributed by atoms with Gasteiger partial charge in [0.2, 0.25) is 0 Å². The van der Waals surface area contributed by atoms with Crippen LogP contribution in [-0.4, -0.2) is 31.1 Å². The van der Waals surface area contributed by atoms with E-state index in [1.807, 2.05) is 22.9 Å². The van der Waals surface area contributed by atoms with Gasteiger partial charge in [0.25, 0.3) is 5.91 Å². The number of hydrogen-bond acceptors (Lipinski definition) is 7. The number of nitrogens with one attached hydrogen (secondary N) is 1. The Morgan fingerprint density at radius 1 is 1.24 bits per heavy atom. The second-order valence-electron chi connectivity index (χ2n) is 5.48. The lowest BCUT2D eigenvalue weighted by Crippen LogP contribution is -2.22. The van der Waals surface area contributed by atoms with Crippen molar-refractivity contribution < 1.29 is 23.9 Å². The molecule has 0 atom stereocenters. The highest BCUT2D eigenvalue weighted by molar-refractivity contribution is 7.17. The molecule has 1 amide bonds. The quantitative estimate of drug-likeness (QED) is 0.744. The van der Waals surface area contributed by atoms with Gasteiger partial charge in [0.15, 0.2) is 6.61 Å². The first-order valence-corrected chi connectivity index (χ1v) is 9.65. The van der Waals surface area contributed by atoms with Crippen LogP contribution in [0, 0.1) is 5.92 Å². The lowest BCUT2D eigenvalue weighted by Gasteiger charge is -2.08. The molecule has 0 aliphatic heterocycles. The van der Waals surface area contributed by atoms with Crippen molar-refractivity contribution >= 4 is 45.5 Å². The lowest BCUT2D eigenvalue weighted by molar-refractivity contribution is -0.148. The molecular formula is C17H17NO5S2. The Kier molecular flexibility index (Phi) is 5.50. The fraction of sp³-hybridized carbons (Fsp3) is 0.353. The summed E-state index contributed by atoms with van der Waals surface area (Å²) in [5, 5.41) is 6.77. The maximum Gasteiger partial charge on any atom is 0.341 e. The van der Waals surface area contributed by atoms with Gasteiger partial charge in [-0.3, -0.25) is 9.59 Å². The van der Waals surface area contributed by atoms with Crippen LogP contribution in [0.15, 0.2) is 22.9 Å². The van der Waals surface area contributed by atoms with Crippen LogP contribution < -0.4 is 5.32 Å². The summed E-state index contributed by atoms with van der Waals surface area (Å²) in [6, 6.07) is 3.79. The van der Waals surface area contributed by atoms with Crippen LogP contribution >= 0.6 is 22.7 Å². The first-order valence-electron chi connectivity index (χ1n) is 7.89. The van der Waals surface area contributed by atoms with Crippen molar-refractivity contribution in [2.45, 2.75) is 19.8 Å². The molecule has 1 N–H and O–H groups in total. The first kappa shape index (κ1) is 17.6. The summed E-state index contributed by atoms with van der Waals surface area (Å²) in [5.74, 6) is -1.36. The third-order valence-corrected chi connectivity index (χ3v) is 5.36. The van der Waals surface area contributed by atoms with Gasteiger partial charge in [-0.25, -0.2) is 4.79 Å². The van der Waals surface area contributed by atoms with Crippen LogP contribution in [0.2, 0.25) is 0 Å². The summed E-state index contributed by atoms with van der Waals surface area (Å²) in [6.07, 6.45) is 1.64. The normalized spacial score (nSPS) is 13.3. The second-order valence-corrected chi connectivity index (χ2v) is 7.31. The van der Waals surface area contributed by atoms with Gasteiger partial charge in [0.05, 0.1) is 12.5 Å². The Bertz CT molecular complexity index is 777. The number of carbonyl (C=O) groups is 3.